The molecule has 4 aromatic rings. The Balaban J connectivity index is 1.50. The van der Waals surface area contributed by atoms with Crippen molar-refractivity contribution in [2.75, 3.05) is 10.6 Å². The predicted octanol–water partition coefficient (Wildman–Crippen LogP) is 4.25. The number of hydrogen-bond donors (Lipinski definition) is 4. The summed E-state index contributed by atoms with van der Waals surface area (Å²) < 4.78 is 27.2. The van der Waals surface area contributed by atoms with Crippen LogP contribution in [0.4, 0.5) is 11.4 Å². The predicted molar refractivity (Wildman–Crippen MR) is 153 cm³/mol. The summed E-state index contributed by atoms with van der Waals surface area (Å²) in [4.78, 5) is 32.6. The smallest absolute Gasteiger partial charge is 0.305 e. The second-order valence-corrected chi connectivity index (χ2v) is 10.9. The van der Waals surface area contributed by atoms with Crippen molar-refractivity contribution >= 4 is 39.0 Å². The van der Waals surface area contributed by atoms with E-state index in [9.17, 15) is 23.1 Å². The highest BCUT2D eigenvalue weighted by molar-refractivity contribution is 7.91. The fourth-order valence-electron chi connectivity index (χ4n) is 3.95. The van der Waals surface area contributed by atoms with Crippen molar-refractivity contribution in [3.63, 3.8) is 0 Å². The van der Waals surface area contributed by atoms with Crippen LogP contribution in [0, 0.1) is 0 Å². The van der Waals surface area contributed by atoms with Crippen LogP contribution in [0.5, 0.6) is 0 Å². The third kappa shape index (κ3) is 7.08. The number of hydrogen-bond acceptors (Lipinski definition) is 6. The summed E-state index contributed by atoms with van der Waals surface area (Å²) in [6.07, 6.45) is 2.12. The molecule has 10 nitrogen and oxygen atoms in total. The van der Waals surface area contributed by atoms with Gasteiger partial charge in [-0.25, -0.2) is 13.4 Å². The van der Waals surface area contributed by atoms with Crippen molar-refractivity contribution < 1.29 is 23.1 Å². The van der Waals surface area contributed by atoms with E-state index in [0.29, 0.717) is 12.2 Å². The Morgan fingerprint density at radius 2 is 1.60 bits per heavy atom. The van der Waals surface area contributed by atoms with Crippen LogP contribution in [0.15, 0.2) is 113 Å². The van der Waals surface area contributed by atoms with Crippen molar-refractivity contribution in [1.29, 1.82) is 0 Å². The van der Waals surface area contributed by atoms with Crippen LogP contribution >= 0.6 is 0 Å². The lowest BCUT2D eigenvalue weighted by Gasteiger charge is -2.19. The maximum atomic E-state index is 13.6. The molecular weight excluding hydrogens is 530 g/mol. The molecule has 1 heterocycles. The Kier molecular flexibility index (Phi) is 8.87. The lowest BCUT2D eigenvalue weighted by molar-refractivity contribution is -0.137. The number of aliphatic carboxylic acids is 1. The van der Waals surface area contributed by atoms with Crippen LogP contribution in [0.3, 0.4) is 0 Å². The molecule has 0 aliphatic carbocycles. The van der Waals surface area contributed by atoms with E-state index in [1.54, 1.807) is 30.3 Å². The van der Waals surface area contributed by atoms with E-state index in [0.717, 1.165) is 5.56 Å². The maximum Gasteiger partial charge on any atom is 0.305 e. The molecule has 1 amide bonds. The quantitative estimate of drug-likeness (QED) is 0.166. The number of nitrogens with one attached hydrogen (secondary N) is 2. The third-order valence-electron chi connectivity index (χ3n) is 5.93. The molecule has 0 spiro atoms. The molecule has 0 fully saturated rings. The van der Waals surface area contributed by atoms with Crippen LogP contribution in [-0.4, -0.2) is 36.3 Å². The zero-order valence-electron chi connectivity index (χ0n) is 21.3. The van der Waals surface area contributed by atoms with Gasteiger partial charge in [0, 0.05) is 23.6 Å². The maximum absolute atomic E-state index is 13.6. The molecular formula is C29H27N5O5S. The fourth-order valence-corrected chi connectivity index (χ4v) is 5.81. The highest BCUT2D eigenvalue weighted by Crippen LogP contribution is 2.35. The van der Waals surface area contributed by atoms with Gasteiger partial charge in [-0.3, -0.25) is 14.6 Å². The number of amides is 1. The van der Waals surface area contributed by atoms with Crippen molar-refractivity contribution in [3.05, 3.63) is 120 Å². The topological polar surface area (TPSA) is 164 Å². The molecule has 0 saturated heterocycles. The zero-order chi connectivity index (χ0) is 28.5. The minimum Gasteiger partial charge on any atom is -0.481 e. The van der Waals surface area contributed by atoms with E-state index >= 15 is 0 Å². The van der Waals surface area contributed by atoms with Crippen LogP contribution < -0.4 is 16.4 Å². The number of para-hydroxylation sites is 1. The van der Waals surface area contributed by atoms with Crippen LogP contribution in [0.1, 0.15) is 33.2 Å². The first-order valence-electron chi connectivity index (χ1n) is 12.2. The van der Waals surface area contributed by atoms with Gasteiger partial charge in [0.05, 0.1) is 23.5 Å². The number of anilines is 2. The van der Waals surface area contributed by atoms with Crippen molar-refractivity contribution in [3.8, 4) is 0 Å². The molecule has 0 aliphatic rings. The van der Waals surface area contributed by atoms with Gasteiger partial charge < -0.3 is 21.5 Å². The monoisotopic (exact) mass is 557 g/mol. The molecule has 11 heteroatoms. The minimum atomic E-state index is -4.23. The first kappa shape index (κ1) is 28.0. The number of sulfone groups is 1. The molecule has 1 aromatic heterocycles. The molecule has 0 unspecified atom stereocenters. The molecule has 3 aromatic carbocycles. The number of carboxylic acid groups (broad SMARTS) is 1. The number of aliphatic imine (C=N–C) groups is 1. The number of pyridine rings is 1. The van der Waals surface area contributed by atoms with Crippen molar-refractivity contribution in [2.24, 2.45) is 10.7 Å². The molecule has 0 radical (unpaired) electrons. The van der Waals surface area contributed by atoms with Crippen LogP contribution in [0.2, 0.25) is 0 Å². The number of carbonyl (C=O) groups excluding carboxylic acids is 1. The SMILES string of the molecule is NC(=NCc1ccccc1)Nc1ccc(C(=O)Nc2ccccc2S(=O)(=O)[C@@H](CC(=O)O)c2cccnc2)cc1. The number of nitrogens with zero attached hydrogens (tertiary/aromatic N) is 2. The van der Waals surface area contributed by atoms with E-state index in [-0.39, 0.29) is 27.7 Å². The summed E-state index contributed by atoms with van der Waals surface area (Å²) in [6, 6.07) is 25.0. The van der Waals surface area contributed by atoms with Gasteiger partial charge in [0.1, 0.15) is 5.25 Å². The molecule has 1 atom stereocenters. The molecule has 40 heavy (non-hydrogen) atoms. The number of aromatic nitrogens is 1. The highest BCUT2D eigenvalue weighted by Gasteiger charge is 2.33. The second kappa shape index (κ2) is 12.7. The summed E-state index contributed by atoms with van der Waals surface area (Å²) >= 11 is 0. The molecule has 5 N–H and O–H groups in total. The summed E-state index contributed by atoms with van der Waals surface area (Å²) in [5.41, 5.74) is 8.13. The van der Waals surface area contributed by atoms with Gasteiger partial charge >= 0.3 is 5.97 Å². The molecule has 0 bridgehead atoms. The molecule has 0 aliphatic heterocycles. The van der Waals surface area contributed by atoms with Gasteiger partial charge in [-0.2, -0.15) is 0 Å². The Morgan fingerprint density at radius 1 is 0.900 bits per heavy atom. The van der Waals surface area contributed by atoms with Crippen molar-refractivity contribution in [2.45, 2.75) is 23.1 Å². The van der Waals surface area contributed by atoms with Gasteiger partial charge in [0.2, 0.25) is 0 Å². The number of rotatable bonds is 10. The van der Waals surface area contributed by atoms with Gasteiger partial charge in [-0.15, -0.1) is 0 Å². The largest absolute Gasteiger partial charge is 0.481 e. The lowest BCUT2D eigenvalue weighted by Crippen LogP contribution is -2.22. The highest BCUT2D eigenvalue weighted by atomic mass is 32.2. The average Bonchev–Trinajstić information content (AvgIpc) is 2.96. The molecule has 4 rings (SSSR count). The average molecular weight is 558 g/mol. The Bertz CT molecular complexity index is 1610. The van der Waals surface area contributed by atoms with Gasteiger partial charge in [-0.1, -0.05) is 48.5 Å². The first-order valence-corrected chi connectivity index (χ1v) is 13.8. The number of carbonyl (C=O) groups is 2. The van der Waals surface area contributed by atoms with E-state index < -0.39 is 33.4 Å². The normalized spacial score (nSPS) is 12.3. The lowest BCUT2D eigenvalue weighted by atomic mass is 10.1. The summed E-state index contributed by atoms with van der Waals surface area (Å²) in [6.45, 7) is 0.413. The van der Waals surface area contributed by atoms with Gasteiger partial charge in [0.15, 0.2) is 15.8 Å². The Labute approximate surface area is 231 Å². The van der Waals surface area contributed by atoms with Gasteiger partial charge in [-0.05, 0) is 53.6 Å². The Hall–Kier alpha value is -5.03. The summed E-state index contributed by atoms with van der Waals surface area (Å²) in [5.74, 6) is -1.61. The summed E-state index contributed by atoms with van der Waals surface area (Å²) in [5, 5.41) is 13.6. The van der Waals surface area contributed by atoms with Crippen LogP contribution in [0.25, 0.3) is 0 Å². The first-order chi connectivity index (χ1) is 19.2. The minimum absolute atomic E-state index is 0.0336. The second-order valence-electron chi connectivity index (χ2n) is 8.76. The van der Waals surface area contributed by atoms with E-state index in [1.165, 1.54) is 42.7 Å². The third-order valence-corrected chi connectivity index (χ3v) is 8.08. The number of benzene rings is 3. The van der Waals surface area contributed by atoms with E-state index in [2.05, 4.69) is 20.6 Å². The number of nitrogens with two attached hydrogens (primary N) is 1. The summed E-state index contributed by atoms with van der Waals surface area (Å²) in [7, 11) is -4.23. The molecule has 0 saturated carbocycles. The van der Waals surface area contributed by atoms with E-state index in [4.69, 9.17) is 5.73 Å². The van der Waals surface area contributed by atoms with E-state index in [1.807, 2.05) is 30.3 Å². The Morgan fingerprint density at radius 3 is 2.27 bits per heavy atom. The van der Waals surface area contributed by atoms with Crippen molar-refractivity contribution in [1.82, 2.24) is 4.98 Å². The fraction of sp³-hybridized carbons (Fsp3) is 0.103. The van der Waals surface area contributed by atoms with Crippen LogP contribution in [-0.2, 0) is 21.2 Å². The number of guanidine groups is 1. The molecule has 204 valence electrons. The van der Waals surface area contributed by atoms with Gasteiger partial charge in [0.25, 0.3) is 5.91 Å². The zero-order valence-corrected chi connectivity index (χ0v) is 22.1. The standard InChI is InChI=1S/C29H27N5O5S/c30-29(32-18-20-7-2-1-3-8-20)33-23-14-12-21(13-15-23)28(37)34-24-10-4-5-11-25(24)40(38,39)26(17-27(35)36)22-9-6-16-31-19-22/h1-16,19,26H,17-18H2,(H,34,37)(H,35,36)(H3,30,32,33)/t26-/m0/s1. The number of carboxylic acids is 1.